The van der Waals surface area contributed by atoms with Crippen LogP contribution in [0.1, 0.15) is 35.7 Å². The molecule has 8 heteroatoms. The van der Waals surface area contributed by atoms with Gasteiger partial charge < -0.3 is 5.32 Å². The summed E-state index contributed by atoms with van der Waals surface area (Å²) in [5.41, 5.74) is 4.29. The molecule has 0 saturated carbocycles. The molecule has 3 aliphatic rings. The maximum atomic E-state index is 13.3. The van der Waals surface area contributed by atoms with Gasteiger partial charge in [-0.2, -0.15) is 0 Å². The van der Waals surface area contributed by atoms with Gasteiger partial charge in [-0.05, 0) is 67.7 Å². The number of rotatable bonds is 3. The minimum absolute atomic E-state index is 0.177. The highest BCUT2D eigenvalue weighted by atomic mass is 32.2. The Kier molecular flexibility index (Phi) is 5.43. The number of hydrogen-bond acceptors (Lipinski definition) is 5. The lowest BCUT2D eigenvalue weighted by Crippen LogP contribution is -2.35. The van der Waals surface area contributed by atoms with Crippen LogP contribution in [0.4, 0.5) is 5.69 Å². The van der Waals surface area contributed by atoms with E-state index in [9.17, 15) is 13.2 Å². The van der Waals surface area contributed by atoms with Gasteiger partial charge in [0.1, 0.15) is 0 Å². The second kappa shape index (κ2) is 8.26. The highest BCUT2D eigenvalue weighted by Crippen LogP contribution is 2.36. The molecule has 5 rings (SSSR count). The van der Waals surface area contributed by atoms with Crippen molar-refractivity contribution < 1.29 is 13.2 Å². The smallest absolute Gasteiger partial charge is 0.264 e. The summed E-state index contributed by atoms with van der Waals surface area (Å²) in [4.78, 5) is 17.5. The standard InChI is InChI=1S/C24H23N3O3S2/c1-16-6-4-10-21-22(16)25-24(31-21)26-23(28)18-11-13-19(14-12-18)32(29,30)27-15-5-8-17-7-2-3-9-20(17)27/h2-4,6-7,9,11-14,21H,5,8,10,15H2,1H3,(H,25,26,28). The van der Waals surface area contributed by atoms with Crippen molar-refractivity contribution in [3.05, 3.63) is 83.1 Å². The Labute approximate surface area is 192 Å². The lowest BCUT2D eigenvalue weighted by atomic mass is 10.0. The molecule has 1 N–H and O–H groups in total. The van der Waals surface area contributed by atoms with E-state index in [0.29, 0.717) is 17.3 Å². The molecule has 0 aromatic heterocycles. The van der Waals surface area contributed by atoms with Gasteiger partial charge >= 0.3 is 0 Å². The number of fused-ring (bicyclic) bond motifs is 2. The number of aryl methyl sites for hydroxylation is 1. The minimum Gasteiger partial charge on any atom is -0.301 e. The highest BCUT2D eigenvalue weighted by molar-refractivity contribution is 8.14. The summed E-state index contributed by atoms with van der Waals surface area (Å²) in [6.07, 6.45) is 6.73. The molecule has 2 aromatic rings. The lowest BCUT2D eigenvalue weighted by Gasteiger charge is -2.30. The average Bonchev–Trinajstić information content (AvgIpc) is 3.22. The van der Waals surface area contributed by atoms with Crippen LogP contribution in [0.2, 0.25) is 0 Å². The van der Waals surface area contributed by atoms with Crippen molar-refractivity contribution in [2.24, 2.45) is 4.99 Å². The zero-order chi connectivity index (χ0) is 22.3. The van der Waals surface area contributed by atoms with Crippen LogP contribution in [0.3, 0.4) is 0 Å². The molecular weight excluding hydrogens is 442 g/mol. The number of nitrogens with zero attached hydrogens (tertiary/aromatic N) is 2. The van der Waals surface area contributed by atoms with Crippen LogP contribution in [0.15, 0.2) is 81.8 Å². The first-order chi connectivity index (χ1) is 15.4. The third-order valence-corrected chi connectivity index (χ3v) is 8.84. The minimum atomic E-state index is -3.70. The Morgan fingerprint density at radius 3 is 2.72 bits per heavy atom. The first-order valence-corrected chi connectivity index (χ1v) is 12.9. The van der Waals surface area contributed by atoms with Gasteiger partial charge in [0.25, 0.3) is 15.9 Å². The van der Waals surface area contributed by atoms with Gasteiger partial charge in [0, 0.05) is 12.1 Å². The van der Waals surface area contributed by atoms with E-state index in [1.165, 1.54) is 16.4 Å². The second-order valence-electron chi connectivity index (χ2n) is 8.02. The van der Waals surface area contributed by atoms with E-state index in [1.54, 1.807) is 23.9 Å². The molecule has 2 aliphatic heterocycles. The predicted octanol–water partition coefficient (Wildman–Crippen LogP) is 4.26. The Bertz CT molecular complexity index is 1280. The number of carbonyl (C=O) groups is 1. The average molecular weight is 466 g/mol. The zero-order valence-electron chi connectivity index (χ0n) is 17.6. The highest BCUT2D eigenvalue weighted by Gasteiger charge is 2.30. The maximum Gasteiger partial charge on any atom is 0.264 e. The van der Waals surface area contributed by atoms with Crippen molar-refractivity contribution in [3.8, 4) is 0 Å². The van der Waals surface area contributed by atoms with Crippen LogP contribution >= 0.6 is 11.8 Å². The SMILES string of the molecule is CC1=C2N=C(NC(=O)c3ccc(S(=O)(=O)N4CCCc5ccccc54)cc3)SC2CC=C1. The summed E-state index contributed by atoms with van der Waals surface area (Å²) in [5.74, 6) is -0.298. The Hall–Kier alpha value is -2.84. The summed E-state index contributed by atoms with van der Waals surface area (Å²) in [7, 11) is -3.70. The van der Waals surface area contributed by atoms with Gasteiger partial charge in [-0.1, -0.05) is 42.1 Å². The summed E-state index contributed by atoms with van der Waals surface area (Å²) >= 11 is 1.55. The molecule has 6 nitrogen and oxygen atoms in total. The number of hydrogen-bond donors (Lipinski definition) is 1. The summed E-state index contributed by atoms with van der Waals surface area (Å²) in [6.45, 7) is 2.47. The lowest BCUT2D eigenvalue weighted by molar-refractivity contribution is 0.0978. The molecule has 0 bridgehead atoms. The second-order valence-corrected chi connectivity index (χ2v) is 11.1. The number of para-hydroxylation sites is 1. The van der Waals surface area contributed by atoms with Gasteiger partial charge in [-0.25, -0.2) is 13.4 Å². The van der Waals surface area contributed by atoms with Crippen LogP contribution in [0, 0.1) is 0 Å². The molecule has 2 aromatic carbocycles. The number of thioether (sulfide) groups is 1. The zero-order valence-corrected chi connectivity index (χ0v) is 19.2. The number of carbonyl (C=O) groups excluding carboxylic acids is 1. The molecule has 1 unspecified atom stereocenters. The van der Waals surface area contributed by atoms with E-state index in [2.05, 4.69) is 22.5 Å². The number of benzene rings is 2. The number of allylic oxidation sites excluding steroid dienone is 3. The fraction of sp³-hybridized carbons (Fsp3) is 0.250. The predicted molar refractivity (Wildman–Crippen MR) is 128 cm³/mol. The summed E-state index contributed by atoms with van der Waals surface area (Å²) in [5, 5.41) is 3.69. The van der Waals surface area contributed by atoms with E-state index in [0.717, 1.165) is 41.8 Å². The largest absolute Gasteiger partial charge is 0.301 e. The fourth-order valence-electron chi connectivity index (χ4n) is 4.23. The third-order valence-electron chi connectivity index (χ3n) is 5.90. The normalized spacial score (nSPS) is 20.0. The van der Waals surface area contributed by atoms with Crippen LogP contribution in [0.5, 0.6) is 0 Å². The summed E-state index contributed by atoms with van der Waals surface area (Å²) in [6, 6.07) is 13.7. The molecule has 0 fully saturated rings. The molecule has 32 heavy (non-hydrogen) atoms. The van der Waals surface area contributed by atoms with Gasteiger partial charge in [-0.3, -0.25) is 9.10 Å². The molecule has 2 heterocycles. The Morgan fingerprint density at radius 1 is 1.16 bits per heavy atom. The van der Waals surface area contributed by atoms with Gasteiger partial charge in [0.2, 0.25) is 0 Å². The fourth-order valence-corrected chi connectivity index (χ4v) is 6.91. The van der Waals surface area contributed by atoms with E-state index in [-0.39, 0.29) is 16.1 Å². The van der Waals surface area contributed by atoms with E-state index >= 15 is 0 Å². The monoisotopic (exact) mass is 465 g/mol. The van der Waals surface area contributed by atoms with Crippen LogP contribution in [-0.4, -0.2) is 31.3 Å². The first kappa shape index (κ1) is 21.0. The quantitative estimate of drug-likeness (QED) is 0.735. The molecule has 0 spiro atoms. The third kappa shape index (κ3) is 3.78. The topological polar surface area (TPSA) is 78.8 Å². The number of sulfonamides is 1. The maximum absolute atomic E-state index is 13.3. The Morgan fingerprint density at radius 2 is 1.94 bits per heavy atom. The van der Waals surface area contributed by atoms with Gasteiger partial charge in [-0.15, -0.1) is 0 Å². The number of aliphatic imine (C=N–C) groups is 1. The number of amidine groups is 1. The van der Waals surface area contributed by atoms with Crippen LogP contribution < -0.4 is 9.62 Å². The van der Waals surface area contributed by atoms with Crippen LogP contribution in [0.25, 0.3) is 0 Å². The van der Waals surface area contributed by atoms with Crippen molar-refractivity contribution >= 4 is 38.5 Å². The van der Waals surface area contributed by atoms with E-state index in [4.69, 9.17) is 0 Å². The summed E-state index contributed by atoms with van der Waals surface area (Å²) < 4.78 is 28.0. The molecule has 1 aliphatic carbocycles. The molecule has 0 radical (unpaired) electrons. The Balaban J connectivity index is 1.34. The van der Waals surface area contributed by atoms with Crippen molar-refractivity contribution in [2.75, 3.05) is 10.8 Å². The van der Waals surface area contributed by atoms with Crippen molar-refractivity contribution in [1.82, 2.24) is 5.32 Å². The van der Waals surface area contributed by atoms with Crippen LogP contribution in [-0.2, 0) is 16.4 Å². The molecule has 0 saturated heterocycles. The van der Waals surface area contributed by atoms with Crippen molar-refractivity contribution in [1.29, 1.82) is 0 Å². The van der Waals surface area contributed by atoms with Crippen molar-refractivity contribution in [2.45, 2.75) is 36.3 Å². The number of anilines is 1. The molecular formula is C24H23N3O3S2. The molecule has 1 atom stereocenters. The van der Waals surface area contributed by atoms with E-state index < -0.39 is 10.0 Å². The van der Waals surface area contributed by atoms with Crippen molar-refractivity contribution in [3.63, 3.8) is 0 Å². The first-order valence-electron chi connectivity index (χ1n) is 10.6. The van der Waals surface area contributed by atoms with Gasteiger partial charge in [0.05, 0.1) is 21.5 Å². The number of amides is 1. The number of nitrogens with one attached hydrogen (secondary N) is 1. The van der Waals surface area contributed by atoms with Gasteiger partial charge in [0.15, 0.2) is 5.17 Å². The van der Waals surface area contributed by atoms with E-state index in [1.807, 2.05) is 31.2 Å². The molecule has 164 valence electrons. The molecule has 1 amide bonds.